The maximum absolute atomic E-state index is 12.0. The number of benzene rings is 1. The van der Waals surface area contributed by atoms with E-state index in [-0.39, 0.29) is 11.3 Å². The Morgan fingerprint density at radius 3 is 2.43 bits per heavy atom. The van der Waals surface area contributed by atoms with Crippen molar-refractivity contribution < 1.29 is 4.79 Å². The van der Waals surface area contributed by atoms with E-state index in [9.17, 15) is 4.79 Å². The van der Waals surface area contributed by atoms with Crippen molar-refractivity contribution in [1.29, 1.82) is 0 Å². The lowest BCUT2D eigenvalue weighted by molar-refractivity contribution is -0.120. The molecule has 21 heavy (non-hydrogen) atoms. The van der Waals surface area contributed by atoms with Gasteiger partial charge in [-0.05, 0) is 62.9 Å². The molecule has 1 N–H and O–H groups in total. The van der Waals surface area contributed by atoms with E-state index in [1.807, 2.05) is 19.1 Å². The molecule has 3 rings (SSSR count). The zero-order valence-corrected chi connectivity index (χ0v) is 13.0. The second kappa shape index (κ2) is 6.18. The van der Waals surface area contributed by atoms with E-state index < -0.39 is 0 Å². The first kappa shape index (κ1) is 14.6. The SMILES string of the molecule is CC1(C(=O)Nc2ccc(CCN3CCCCC3)cc2)CC1. The number of carbonyl (C=O) groups excluding carboxylic acids is 1. The predicted molar refractivity (Wildman–Crippen MR) is 86.4 cm³/mol. The number of nitrogens with zero attached hydrogens (tertiary/aromatic N) is 1. The number of carbonyl (C=O) groups is 1. The first-order valence-corrected chi connectivity index (χ1v) is 8.28. The Labute approximate surface area is 127 Å². The third-order valence-electron chi connectivity index (χ3n) is 4.93. The van der Waals surface area contributed by atoms with Crippen molar-refractivity contribution in [3.63, 3.8) is 0 Å². The molecule has 1 heterocycles. The molecule has 1 aliphatic heterocycles. The Bertz CT molecular complexity index is 484. The van der Waals surface area contributed by atoms with Crippen molar-refractivity contribution in [1.82, 2.24) is 4.90 Å². The van der Waals surface area contributed by atoms with Crippen LogP contribution in [0.3, 0.4) is 0 Å². The molecule has 2 fully saturated rings. The second-order valence-corrected chi connectivity index (χ2v) is 6.86. The zero-order valence-electron chi connectivity index (χ0n) is 13.0. The summed E-state index contributed by atoms with van der Waals surface area (Å²) in [4.78, 5) is 14.6. The van der Waals surface area contributed by atoms with Crippen molar-refractivity contribution in [2.45, 2.75) is 45.4 Å². The largest absolute Gasteiger partial charge is 0.326 e. The maximum Gasteiger partial charge on any atom is 0.230 e. The molecule has 3 nitrogen and oxygen atoms in total. The highest BCUT2D eigenvalue weighted by atomic mass is 16.2. The summed E-state index contributed by atoms with van der Waals surface area (Å²) in [7, 11) is 0. The van der Waals surface area contributed by atoms with E-state index in [0.717, 1.165) is 31.5 Å². The van der Waals surface area contributed by atoms with Crippen LogP contribution in [0, 0.1) is 5.41 Å². The molecule has 114 valence electrons. The zero-order chi connectivity index (χ0) is 14.7. The van der Waals surface area contributed by atoms with Crippen molar-refractivity contribution in [2.24, 2.45) is 5.41 Å². The summed E-state index contributed by atoms with van der Waals surface area (Å²) in [6.45, 7) is 5.71. The van der Waals surface area contributed by atoms with Gasteiger partial charge in [-0.3, -0.25) is 4.79 Å². The fourth-order valence-corrected chi connectivity index (χ4v) is 2.92. The maximum atomic E-state index is 12.0. The Balaban J connectivity index is 1.48. The molecular formula is C18H26N2O. The normalized spacial score (nSPS) is 21.0. The van der Waals surface area contributed by atoms with Crippen LogP contribution in [-0.4, -0.2) is 30.4 Å². The van der Waals surface area contributed by atoms with Crippen molar-refractivity contribution in [3.05, 3.63) is 29.8 Å². The summed E-state index contributed by atoms with van der Waals surface area (Å²) >= 11 is 0. The molecule has 0 aromatic heterocycles. The predicted octanol–water partition coefficient (Wildman–Crippen LogP) is 3.45. The Morgan fingerprint density at radius 2 is 1.81 bits per heavy atom. The van der Waals surface area contributed by atoms with E-state index in [4.69, 9.17) is 0 Å². The highest BCUT2D eigenvalue weighted by molar-refractivity contribution is 5.96. The number of nitrogens with one attached hydrogen (secondary N) is 1. The number of piperidine rings is 1. The topological polar surface area (TPSA) is 32.3 Å². The van der Waals surface area contributed by atoms with Crippen LogP contribution in [0.25, 0.3) is 0 Å². The first-order chi connectivity index (χ1) is 10.2. The average molecular weight is 286 g/mol. The molecule has 1 aromatic rings. The third-order valence-corrected chi connectivity index (χ3v) is 4.93. The fraction of sp³-hybridized carbons (Fsp3) is 0.611. The molecule has 1 aromatic carbocycles. The Kier molecular flexibility index (Phi) is 4.29. The van der Waals surface area contributed by atoms with Gasteiger partial charge in [-0.1, -0.05) is 25.5 Å². The molecule has 0 bridgehead atoms. The van der Waals surface area contributed by atoms with Crippen LogP contribution in [0.2, 0.25) is 0 Å². The van der Waals surface area contributed by atoms with E-state index in [1.165, 1.54) is 37.9 Å². The smallest absolute Gasteiger partial charge is 0.230 e. The quantitative estimate of drug-likeness (QED) is 0.899. The number of hydrogen-bond acceptors (Lipinski definition) is 2. The standard InChI is InChI=1S/C18H26N2O/c1-18(10-11-18)17(21)19-16-7-5-15(6-8-16)9-14-20-12-3-2-4-13-20/h5-8H,2-4,9-14H2,1H3,(H,19,21). The summed E-state index contributed by atoms with van der Waals surface area (Å²) in [5.74, 6) is 0.170. The lowest BCUT2D eigenvalue weighted by Gasteiger charge is -2.26. The highest BCUT2D eigenvalue weighted by Gasteiger charge is 2.44. The summed E-state index contributed by atoms with van der Waals surface area (Å²) in [5, 5.41) is 3.03. The minimum atomic E-state index is -0.104. The third kappa shape index (κ3) is 3.85. The minimum absolute atomic E-state index is 0.104. The van der Waals surface area contributed by atoms with Crippen molar-refractivity contribution in [3.8, 4) is 0 Å². The van der Waals surface area contributed by atoms with Gasteiger partial charge < -0.3 is 10.2 Å². The van der Waals surface area contributed by atoms with Gasteiger partial charge in [0.1, 0.15) is 0 Å². The van der Waals surface area contributed by atoms with Crippen LogP contribution in [0.4, 0.5) is 5.69 Å². The molecular weight excluding hydrogens is 260 g/mol. The fourth-order valence-electron chi connectivity index (χ4n) is 2.92. The molecule has 1 amide bonds. The summed E-state index contributed by atoms with van der Waals surface area (Å²) < 4.78 is 0. The van der Waals surface area contributed by atoms with E-state index in [0.29, 0.717) is 0 Å². The molecule has 0 radical (unpaired) electrons. The second-order valence-electron chi connectivity index (χ2n) is 6.86. The first-order valence-electron chi connectivity index (χ1n) is 8.28. The van der Waals surface area contributed by atoms with Crippen molar-refractivity contribution in [2.75, 3.05) is 25.0 Å². The van der Waals surface area contributed by atoms with E-state index >= 15 is 0 Å². The van der Waals surface area contributed by atoms with Crippen LogP contribution < -0.4 is 5.32 Å². The summed E-state index contributed by atoms with van der Waals surface area (Å²) in [6.07, 6.45) is 7.24. The van der Waals surface area contributed by atoms with E-state index in [2.05, 4.69) is 22.3 Å². The minimum Gasteiger partial charge on any atom is -0.326 e. The summed E-state index contributed by atoms with van der Waals surface area (Å²) in [5.41, 5.74) is 2.18. The van der Waals surface area contributed by atoms with Gasteiger partial charge in [0.05, 0.1) is 0 Å². The van der Waals surface area contributed by atoms with Gasteiger partial charge in [0.15, 0.2) is 0 Å². The molecule has 0 spiro atoms. The van der Waals surface area contributed by atoms with Gasteiger partial charge >= 0.3 is 0 Å². The number of anilines is 1. The monoisotopic (exact) mass is 286 g/mol. The van der Waals surface area contributed by atoms with Crippen LogP contribution in [0.5, 0.6) is 0 Å². The lowest BCUT2D eigenvalue weighted by Crippen LogP contribution is -2.31. The number of rotatable bonds is 5. The van der Waals surface area contributed by atoms with Gasteiger partial charge in [0.2, 0.25) is 5.91 Å². The van der Waals surface area contributed by atoms with Gasteiger partial charge in [0, 0.05) is 17.6 Å². The molecule has 0 atom stereocenters. The number of likely N-dealkylation sites (tertiary alicyclic amines) is 1. The Hall–Kier alpha value is -1.35. The Morgan fingerprint density at radius 1 is 1.14 bits per heavy atom. The van der Waals surface area contributed by atoms with Gasteiger partial charge in [-0.15, -0.1) is 0 Å². The van der Waals surface area contributed by atoms with Gasteiger partial charge in [-0.25, -0.2) is 0 Å². The highest BCUT2D eigenvalue weighted by Crippen LogP contribution is 2.45. The molecule has 1 saturated carbocycles. The lowest BCUT2D eigenvalue weighted by atomic mass is 10.1. The van der Waals surface area contributed by atoms with Crippen molar-refractivity contribution >= 4 is 11.6 Å². The van der Waals surface area contributed by atoms with Gasteiger partial charge in [-0.2, -0.15) is 0 Å². The average Bonchev–Trinajstić information content (AvgIpc) is 3.27. The van der Waals surface area contributed by atoms with E-state index in [1.54, 1.807) is 0 Å². The van der Waals surface area contributed by atoms with Crippen LogP contribution in [0.15, 0.2) is 24.3 Å². The van der Waals surface area contributed by atoms with Crippen LogP contribution in [0.1, 0.15) is 44.6 Å². The van der Waals surface area contributed by atoms with Gasteiger partial charge in [0.25, 0.3) is 0 Å². The molecule has 2 aliphatic rings. The molecule has 1 saturated heterocycles. The van der Waals surface area contributed by atoms with Crippen LogP contribution in [-0.2, 0) is 11.2 Å². The molecule has 3 heteroatoms. The number of hydrogen-bond donors (Lipinski definition) is 1. The molecule has 0 unspecified atom stereocenters. The number of amides is 1. The molecule has 1 aliphatic carbocycles. The summed E-state index contributed by atoms with van der Waals surface area (Å²) in [6, 6.07) is 8.37. The van der Waals surface area contributed by atoms with Crippen LogP contribution >= 0.6 is 0 Å².